The lowest BCUT2D eigenvalue weighted by Crippen LogP contribution is -2.14. The van der Waals surface area contributed by atoms with Gasteiger partial charge in [-0.15, -0.1) is 5.92 Å². The molecule has 0 atom stereocenters. The van der Waals surface area contributed by atoms with Crippen LogP contribution in [0.5, 0.6) is 5.75 Å². The zero-order chi connectivity index (χ0) is 12.4. The number of ether oxygens (including phenoxy) is 1. The van der Waals surface area contributed by atoms with Crippen LogP contribution in [-0.2, 0) is 4.79 Å². The SMILES string of the molecule is CC#Cc1cc(Br)c2c(c1)C=C(C(=O)O)CO2. The predicted octanol–water partition coefficient (Wildman–Crippen LogP) is 2.68. The van der Waals surface area contributed by atoms with E-state index in [2.05, 4.69) is 27.8 Å². The van der Waals surface area contributed by atoms with Crippen LogP contribution in [0.2, 0.25) is 0 Å². The van der Waals surface area contributed by atoms with Crippen molar-refractivity contribution >= 4 is 28.0 Å². The third-order valence-electron chi connectivity index (χ3n) is 2.32. The van der Waals surface area contributed by atoms with E-state index in [1.165, 1.54) is 0 Å². The van der Waals surface area contributed by atoms with Gasteiger partial charge < -0.3 is 9.84 Å². The maximum atomic E-state index is 10.9. The van der Waals surface area contributed by atoms with Gasteiger partial charge in [0.2, 0.25) is 0 Å². The Hall–Kier alpha value is -1.73. The van der Waals surface area contributed by atoms with E-state index < -0.39 is 5.97 Å². The molecule has 1 aliphatic rings. The molecule has 0 unspecified atom stereocenters. The Balaban J connectivity index is 2.55. The van der Waals surface area contributed by atoms with Crippen molar-refractivity contribution in [2.45, 2.75) is 6.92 Å². The molecule has 2 rings (SSSR count). The van der Waals surface area contributed by atoms with Crippen molar-refractivity contribution in [1.29, 1.82) is 0 Å². The number of carboxylic acids is 1. The van der Waals surface area contributed by atoms with E-state index in [0.29, 0.717) is 5.75 Å². The number of carboxylic acid groups (broad SMARTS) is 1. The van der Waals surface area contributed by atoms with E-state index in [1.54, 1.807) is 13.0 Å². The molecule has 0 saturated heterocycles. The van der Waals surface area contributed by atoms with E-state index in [0.717, 1.165) is 15.6 Å². The Kier molecular flexibility index (Phi) is 3.21. The summed E-state index contributed by atoms with van der Waals surface area (Å²) in [7, 11) is 0. The number of aliphatic carboxylic acids is 1. The van der Waals surface area contributed by atoms with Crippen molar-refractivity contribution in [3.05, 3.63) is 33.3 Å². The highest BCUT2D eigenvalue weighted by Crippen LogP contribution is 2.35. The van der Waals surface area contributed by atoms with Crippen molar-refractivity contribution in [3.8, 4) is 17.6 Å². The van der Waals surface area contributed by atoms with Crippen molar-refractivity contribution in [2.24, 2.45) is 0 Å². The lowest BCUT2D eigenvalue weighted by atomic mass is 10.0. The summed E-state index contributed by atoms with van der Waals surface area (Å²) in [5.74, 6) is 5.44. The minimum Gasteiger partial charge on any atom is -0.487 e. The molecule has 1 aromatic rings. The second kappa shape index (κ2) is 4.64. The third kappa shape index (κ3) is 2.34. The monoisotopic (exact) mass is 292 g/mol. The van der Waals surface area contributed by atoms with Gasteiger partial charge in [0.05, 0.1) is 10.0 Å². The van der Waals surface area contributed by atoms with Gasteiger partial charge in [-0.25, -0.2) is 4.79 Å². The van der Waals surface area contributed by atoms with Crippen molar-refractivity contribution in [1.82, 2.24) is 0 Å². The van der Waals surface area contributed by atoms with Gasteiger partial charge >= 0.3 is 5.97 Å². The van der Waals surface area contributed by atoms with Gasteiger partial charge in [0.15, 0.2) is 0 Å². The van der Waals surface area contributed by atoms with Gasteiger partial charge in [-0.1, -0.05) is 5.92 Å². The second-order valence-electron chi connectivity index (χ2n) is 3.51. The summed E-state index contributed by atoms with van der Waals surface area (Å²) < 4.78 is 6.20. The third-order valence-corrected chi connectivity index (χ3v) is 2.91. The van der Waals surface area contributed by atoms with Crippen LogP contribution in [0.3, 0.4) is 0 Å². The Bertz CT molecular complexity index is 576. The minimum atomic E-state index is -0.959. The van der Waals surface area contributed by atoms with Crippen molar-refractivity contribution in [3.63, 3.8) is 0 Å². The molecule has 0 aromatic heterocycles. The lowest BCUT2D eigenvalue weighted by Gasteiger charge is -2.17. The molecule has 3 nitrogen and oxygen atoms in total. The minimum absolute atomic E-state index is 0.0831. The fraction of sp³-hybridized carbons (Fsp3) is 0.154. The van der Waals surface area contributed by atoms with Crippen molar-refractivity contribution in [2.75, 3.05) is 6.61 Å². The topological polar surface area (TPSA) is 46.5 Å². The Morgan fingerprint density at radius 2 is 2.29 bits per heavy atom. The van der Waals surface area contributed by atoms with E-state index in [4.69, 9.17) is 9.84 Å². The van der Waals surface area contributed by atoms with Crippen LogP contribution in [0.25, 0.3) is 6.08 Å². The Morgan fingerprint density at radius 1 is 1.53 bits per heavy atom. The lowest BCUT2D eigenvalue weighted by molar-refractivity contribution is -0.132. The molecule has 1 N–H and O–H groups in total. The van der Waals surface area contributed by atoms with Gasteiger partial charge in [-0.05, 0) is 41.1 Å². The van der Waals surface area contributed by atoms with Gasteiger partial charge in [-0.2, -0.15) is 0 Å². The summed E-state index contributed by atoms with van der Waals surface area (Å²) >= 11 is 3.39. The zero-order valence-electron chi connectivity index (χ0n) is 9.08. The highest BCUT2D eigenvalue weighted by molar-refractivity contribution is 9.10. The van der Waals surface area contributed by atoms with Crippen LogP contribution < -0.4 is 4.74 Å². The number of benzene rings is 1. The molecule has 0 spiro atoms. The summed E-state index contributed by atoms with van der Waals surface area (Å²) in [5, 5.41) is 8.92. The van der Waals surface area contributed by atoms with E-state index >= 15 is 0 Å². The van der Waals surface area contributed by atoms with Crippen LogP contribution in [0.1, 0.15) is 18.1 Å². The highest BCUT2D eigenvalue weighted by atomic mass is 79.9. The highest BCUT2D eigenvalue weighted by Gasteiger charge is 2.18. The molecule has 0 amide bonds. The maximum absolute atomic E-state index is 10.9. The molecular formula is C13H9BrO3. The van der Waals surface area contributed by atoms with E-state index in [-0.39, 0.29) is 12.2 Å². The average molecular weight is 293 g/mol. The Labute approximate surface area is 107 Å². The zero-order valence-corrected chi connectivity index (χ0v) is 10.7. The second-order valence-corrected chi connectivity index (χ2v) is 4.37. The van der Waals surface area contributed by atoms with Gasteiger partial charge in [0, 0.05) is 11.1 Å². The number of fused-ring (bicyclic) bond motifs is 1. The first kappa shape index (κ1) is 11.7. The number of halogens is 1. The molecule has 0 bridgehead atoms. The van der Waals surface area contributed by atoms with Crippen LogP contribution >= 0.6 is 15.9 Å². The smallest absolute Gasteiger partial charge is 0.335 e. The predicted molar refractivity (Wildman–Crippen MR) is 67.8 cm³/mol. The molecular weight excluding hydrogens is 284 g/mol. The molecule has 4 heteroatoms. The molecule has 0 saturated carbocycles. The van der Waals surface area contributed by atoms with Crippen LogP contribution in [0, 0.1) is 11.8 Å². The molecule has 1 aliphatic heterocycles. The first-order valence-electron chi connectivity index (χ1n) is 4.95. The fourth-order valence-corrected chi connectivity index (χ4v) is 2.18. The van der Waals surface area contributed by atoms with E-state index in [1.807, 2.05) is 12.1 Å². The maximum Gasteiger partial charge on any atom is 0.335 e. The van der Waals surface area contributed by atoms with Crippen LogP contribution in [0.4, 0.5) is 0 Å². The van der Waals surface area contributed by atoms with Gasteiger partial charge in [0.1, 0.15) is 12.4 Å². The van der Waals surface area contributed by atoms with Crippen molar-refractivity contribution < 1.29 is 14.6 Å². The average Bonchev–Trinajstić information content (AvgIpc) is 2.28. The summed E-state index contributed by atoms with van der Waals surface area (Å²) in [4.78, 5) is 10.9. The van der Waals surface area contributed by atoms with Gasteiger partial charge in [0.25, 0.3) is 0 Å². The molecule has 0 aliphatic carbocycles. The number of hydrogen-bond donors (Lipinski definition) is 1. The molecule has 86 valence electrons. The summed E-state index contributed by atoms with van der Waals surface area (Å²) in [6, 6.07) is 3.67. The molecule has 1 heterocycles. The van der Waals surface area contributed by atoms with Crippen LogP contribution in [0.15, 0.2) is 22.2 Å². The van der Waals surface area contributed by atoms with Crippen LogP contribution in [-0.4, -0.2) is 17.7 Å². The number of carbonyl (C=O) groups is 1. The van der Waals surface area contributed by atoms with E-state index in [9.17, 15) is 4.79 Å². The molecule has 1 aromatic carbocycles. The summed E-state index contributed by atoms with van der Waals surface area (Å²) in [6.45, 7) is 1.84. The number of rotatable bonds is 1. The normalized spacial score (nSPS) is 12.7. The molecule has 0 radical (unpaired) electrons. The standard InChI is InChI=1S/C13H9BrO3/c1-2-3-8-4-9-6-10(13(15)16)7-17-12(9)11(14)5-8/h4-6H,7H2,1H3,(H,15,16). The van der Waals surface area contributed by atoms with Gasteiger partial charge in [-0.3, -0.25) is 0 Å². The summed E-state index contributed by atoms with van der Waals surface area (Å²) in [6.07, 6.45) is 1.62. The largest absolute Gasteiger partial charge is 0.487 e. The first-order valence-corrected chi connectivity index (χ1v) is 5.74. The first-order chi connectivity index (χ1) is 8.11. The molecule has 0 fully saturated rings. The quantitative estimate of drug-likeness (QED) is 0.810. The summed E-state index contributed by atoms with van der Waals surface area (Å²) in [5.41, 5.74) is 1.80. The fourth-order valence-electron chi connectivity index (χ4n) is 1.59. The Morgan fingerprint density at radius 3 is 2.94 bits per heavy atom. The number of hydrogen-bond acceptors (Lipinski definition) is 2. The molecule has 17 heavy (non-hydrogen) atoms.